The zero-order valence-electron chi connectivity index (χ0n) is 12.9. The topological polar surface area (TPSA) is 118 Å². The third-order valence-electron chi connectivity index (χ3n) is 2.93. The van der Waals surface area contributed by atoms with Gasteiger partial charge in [-0.25, -0.2) is 17.9 Å². The van der Waals surface area contributed by atoms with Crippen LogP contribution < -0.4 is 15.4 Å². The van der Waals surface area contributed by atoms with E-state index >= 15 is 0 Å². The van der Waals surface area contributed by atoms with Gasteiger partial charge in [0.15, 0.2) is 5.82 Å². The number of sulfonamides is 1. The molecule has 1 heterocycles. The van der Waals surface area contributed by atoms with E-state index in [2.05, 4.69) is 25.7 Å². The van der Waals surface area contributed by atoms with Crippen molar-refractivity contribution in [2.45, 2.75) is 18.4 Å². The third-order valence-corrected chi connectivity index (χ3v) is 4.66. The molecule has 0 saturated carbocycles. The Morgan fingerprint density at radius 1 is 1.25 bits per heavy atom. The van der Waals surface area contributed by atoms with Gasteiger partial charge in [0.1, 0.15) is 0 Å². The number of hydrogen-bond donors (Lipinski definition) is 3. The summed E-state index contributed by atoms with van der Waals surface area (Å²) in [6.45, 7) is 2.69. The van der Waals surface area contributed by atoms with E-state index < -0.39 is 16.1 Å². The van der Waals surface area contributed by atoms with E-state index in [0.717, 1.165) is 0 Å². The number of carbonyl (C=O) groups excluding carboxylic acids is 1. The van der Waals surface area contributed by atoms with Crippen molar-refractivity contribution < 1.29 is 13.2 Å². The van der Waals surface area contributed by atoms with E-state index in [1.165, 1.54) is 24.3 Å². The molecule has 2 amide bonds. The first-order valence-electron chi connectivity index (χ1n) is 7.11. The largest absolute Gasteiger partial charge is 0.337 e. The molecule has 0 bridgehead atoms. The van der Waals surface area contributed by atoms with Crippen molar-refractivity contribution in [1.29, 1.82) is 0 Å². The van der Waals surface area contributed by atoms with Gasteiger partial charge in [0.2, 0.25) is 10.0 Å². The van der Waals surface area contributed by atoms with E-state index in [1.54, 1.807) is 10.9 Å². The van der Waals surface area contributed by atoms with Crippen molar-refractivity contribution in [1.82, 2.24) is 25.0 Å². The molecule has 1 aromatic carbocycles. The second kappa shape index (κ2) is 8.08. The van der Waals surface area contributed by atoms with Crippen LogP contribution in [0.4, 0.5) is 10.6 Å². The lowest BCUT2D eigenvalue weighted by molar-refractivity contribution is 0.252. The van der Waals surface area contributed by atoms with Gasteiger partial charge in [-0.2, -0.15) is 0 Å². The Balaban J connectivity index is 1.75. The Kier molecular flexibility index (Phi) is 6.12. The standard InChI is InChI=1S/C13H17ClN6O3S/c1-2-20-9-12(18-19-20)17-13(21)15-7-8-16-24(22,23)11-5-3-10(14)4-6-11/h3-6,9,16H,2,7-8H2,1H3,(H2,15,17,21). The van der Waals surface area contributed by atoms with Crippen LogP contribution >= 0.6 is 11.6 Å². The molecule has 0 fully saturated rings. The predicted molar refractivity (Wildman–Crippen MR) is 89.4 cm³/mol. The number of rotatable bonds is 7. The Morgan fingerprint density at radius 2 is 1.96 bits per heavy atom. The molecule has 0 aliphatic carbocycles. The van der Waals surface area contributed by atoms with Gasteiger partial charge in [-0.05, 0) is 31.2 Å². The second-order valence-electron chi connectivity index (χ2n) is 4.69. The summed E-state index contributed by atoms with van der Waals surface area (Å²) >= 11 is 5.72. The molecule has 24 heavy (non-hydrogen) atoms. The molecular formula is C13H17ClN6O3S. The van der Waals surface area contributed by atoms with Crippen LogP contribution in [0.1, 0.15) is 6.92 Å². The summed E-state index contributed by atoms with van der Waals surface area (Å²) in [5.74, 6) is 0.316. The van der Waals surface area contributed by atoms with Gasteiger partial charge in [-0.3, -0.25) is 10.00 Å². The summed E-state index contributed by atoms with van der Waals surface area (Å²) in [6, 6.07) is 5.30. The zero-order chi connectivity index (χ0) is 17.6. The molecule has 0 unspecified atom stereocenters. The first kappa shape index (κ1) is 18.2. The molecule has 0 aliphatic rings. The minimum absolute atomic E-state index is 0.0417. The number of hydrogen-bond acceptors (Lipinski definition) is 5. The normalized spacial score (nSPS) is 11.2. The first-order valence-corrected chi connectivity index (χ1v) is 8.97. The van der Waals surface area contributed by atoms with Crippen molar-refractivity contribution in [2.75, 3.05) is 18.4 Å². The number of aryl methyl sites for hydroxylation is 1. The fourth-order valence-electron chi connectivity index (χ4n) is 1.73. The first-order chi connectivity index (χ1) is 11.4. The Bertz CT molecular complexity index is 790. The number of halogens is 1. The summed E-state index contributed by atoms with van der Waals surface area (Å²) in [4.78, 5) is 11.8. The van der Waals surface area contributed by atoms with E-state index in [9.17, 15) is 13.2 Å². The Morgan fingerprint density at radius 3 is 2.58 bits per heavy atom. The number of carbonyl (C=O) groups is 1. The summed E-state index contributed by atoms with van der Waals surface area (Å²) in [7, 11) is -3.64. The van der Waals surface area contributed by atoms with E-state index in [-0.39, 0.29) is 18.0 Å². The highest BCUT2D eigenvalue weighted by Crippen LogP contribution is 2.13. The Labute approximate surface area is 144 Å². The number of nitrogens with one attached hydrogen (secondary N) is 3. The minimum Gasteiger partial charge on any atom is -0.337 e. The van der Waals surface area contributed by atoms with Crippen LogP contribution in [0.25, 0.3) is 0 Å². The van der Waals surface area contributed by atoms with Crippen LogP contribution in [0.5, 0.6) is 0 Å². The number of aromatic nitrogens is 3. The lowest BCUT2D eigenvalue weighted by Gasteiger charge is -2.08. The molecule has 0 radical (unpaired) electrons. The highest BCUT2D eigenvalue weighted by molar-refractivity contribution is 7.89. The van der Waals surface area contributed by atoms with Gasteiger partial charge in [0, 0.05) is 24.7 Å². The average molecular weight is 373 g/mol. The molecule has 11 heteroatoms. The predicted octanol–water partition coefficient (Wildman–Crippen LogP) is 1.05. The fourth-order valence-corrected chi connectivity index (χ4v) is 2.89. The SMILES string of the molecule is CCn1cc(NC(=O)NCCNS(=O)(=O)c2ccc(Cl)cc2)nn1. The summed E-state index contributed by atoms with van der Waals surface area (Å²) in [6.07, 6.45) is 1.59. The lowest BCUT2D eigenvalue weighted by atomic mass is 10.4. The van der Waals surface area contributed by atoms with Gasteiger partial charge in [0.05, 0.1) is 11.1 Å². The minimum atomic E-state index is -3.64. The van der Waals surface area contributed by atoms with Gasteiger partial charge in [-0.1, -0.05) is 16.8 Å². The van der Waals surface area contributed by atoms with Crippen molar-refractivity contribution in [2.24, 2.45) is 0 Å². The van der Waals surface area contributed by atoms with Crippen LogP contribution in [0.2, 0.25) is 5.02 Å². The number of anilines is 1. The Hall–Kier alpha value is -2.17. The molecule has 0 atom stereocenters. The molecule has 0 spiro atoms. The fraction of sp³-hybridized carbons (Fsp3) is 0.308. The van der Waals surface area contributed by atoms with E-state index in [0.29, 0.717) is 17.4 Å². The number of benzene rings is 1. The molecule has 9 nitrogen and oxygen atoms in total. The summed E-state index contributed by atoms with van der Waals surface area (Å²) < 4.78 is 28.0. The maximum Gasteiger partial charge on any atom is 0.320 e. The van der Waals surface area contributed by atoms with Gasteiger partial charge >= 0.3 is 6.03 Å². The quantitative estimate of drug-likeness (QED) is 0.628. The molecular weight excluding hydrogens is 356 g/mol. The second-order valence-corrected chi connectivity index (χ2v) is 6.90. The molecule has 2 rings (SSSR count). The van der Waals surface area contributed by atoms with Crippen molar-refractivity contribution >= 4 is 33.5 Å². The van der Waals surface area contributed by atoms with Crippen molar-refractivity contribution in [3.63, 3.8) is 0 Å². The van der Waals surface area contributed by atoms with Crippen LogP contribution in [-0.2, 0) is 16.6 Å². The van der Waals surface area contributed by atoms with E-state index in [4.69, 9.17) is 11.6 Å². The monoisotopic (exact) mass is 372 g/mol. The zero-order valence-corrected chi connectivity index (χ0v) is 14.4. The lowest BCUT2D eigenvalue weighted by Crippen LogP contribution is -2.36. The maximum absolute atomic E-state index is 12.0. The molecule has 130 valence electrons. The smallest absolute Gasteiger partial charge is 0.320 e. The van der Waals surface area contributed by atoms with Crippen LogP contribution in [-0.4, -0.2) is 42.5 Å². The van der Waals surface area contributed by atoms with Crippen molar-refractivity contribution in [3.05, 3.63) is 35.5 Å². The highest BCUT2D eigenvalue weighted by atomic mass is 35.5. The van der Waals surface area contributed by atoms with Gasteiger partial charge < -0.3 is 5.32 Å². The number of urea groups is 1. The summed E-state index contributed by atoms with van der Waals surface area (Å²) in [5, 5.41) is 13.0. The van der Waals surface area contributed by atoms with Crippen LogP contribution in [0.15, 0.2) is 35.4 Å². The van der Waals surface area contributed by atoms with Crippen LogP contribution in [0.3, 0.4) is 0 Å². The molecule has 3 N–H and O–H groups in total. The average Bonchev–Trinajstić information content (AvgIpc) is 2.99. The molecule has 1 aromatic heterocycles. The van der Waals surface area contributed by atoms with Crippen LogP contribution in [0, 0.1) is 0 Å². The summed E-state index contributed by atoms with van der Waals surface area (Å²) in [5.41, 5.74) is 0. The molecule has 2 aromatic rings. The third kappa shape index (κ3) is 5.18. The highest BCUT2D eigenvalue weighted by Gasteiger charge is 2.13. The number of nitrogens with zero attached hydrogens (tertiary/aromatic N) is 3. The molecule has 0 saturated heterocycles. The van der Waals surface area contributed by atoms with E-state index in [1.807, 2.05) is 6.92 Å². The van der Waals surface area contributed by atoms with Gasteiger partial charge in [0.25, 0.3) is 0 Å². The number of amides is 2. The maximum atomic E-state index is 12.0. The van der Waals surface area contributed by atoms with Crippen molar-refractivity contribution in [3.8, 4) is 0 Å². The molecule has 0 aliphatic heterocycles. The van der Waals surface area contributed by atoms with Gasteiger partial charge in [-0.15, -0.1) is 5.10 Å².